The predicted octanol–water partition coefficient (Wildman–Crippen LogP) is 11.8. The minimum atomic E-state index is 0.158. The number of aromatic nitrogens is 4. The fourth-order valence-corrected chi connectivity index (χ4v) is 7.06. The summed E-state index contributed by atoms with van der Waals surface area (Å²) in [5.41, 5.74) is 14.7. The predicted molar refractivity (Wildman–Crippen MR) is 216 cm³/mol. The third kappa shape index (κ3) is 6.04. The number of phenols is 1. The zero-order chi connectivity index (χ0) is 35.7. The molecule has 9 rings (SSSR count). The maximum atomic E-state index is 11.0. The lowest BCUT2D eigenvalue weighted by atomic mass is 9.93. The average Bonchev–Trinajstić information content (AvgIpc) is 3.62. The highest BCUT2D eigenvalue weighted by atomic mass is 16.3. The fourth-order valence-electron chi connectivity index (χ4n) is 7.06. The molecule has 0 aliphatic carbocycles. The second kappa shape index (κ2) is 13.5. The van der Waals surface area contributed by atoms with Crippen LogP contribution in [-0.2, 0) is 0 Å². The highest BCUT2D eigenvalue weighted by molar-refractivity contribution is 5.95. The van der Waals surface area contributed by atoms with Gasteiger partial charge in [-0.3, -0.25) is 9.55 Å². The molecule has 3 aromatic heterocycles. The van der Waals surface area contributed by atoms with E-state index < -0.39 is 0 Å². The van der Waals surface area contributed by atoms with Gasteiger partial charge in [0, 0.05) is 29.2 Å². The van der Waals surface area contributed by atoms with E-state index in [-0.39, 0.29) is 5.75 Å². The fraction of sp³-hybridized carbons (Fsp3) is 0.0208. The zero-order valence-electron chi connectivity index (χ0n) is 29.1. The molecule has 6 aromatic carbocycles. The Hall–Kier alpha value is -7.11. The van der Waals surface area contributed by atoms with Crippen LogP contribution in [0.5, 0.6) is 5.75 Å². The molecular weight excluding hydrogens is 649 g/mol. The number of phenolic OH excluding ortho intramolecular Hbond substituents is 1. The van der Waals surface area contributed by atoms with E-state index in [0.717, 1.165) is 61.4 Å². The van der Waals surface area contributed by atoms with Crippen LogP contribution in [0.25, 0.3) is 84.0 Å². The van der Waals surface area contributed by atoms with Crippen molar-refractivity contribution < 1.29 is 5.11 Å². The van der Waals surface area contributed by atoms with Crippen molar-refractivity contribution >= 4 is 11.2 Å². The van der Waals surface area contributed by atoms with Crippen molar-refractivity contribution in [3.63, 3.8) is 0 Å². The van der Waals surface area contributed by atoms with Gasteiger partial charge in [-0.05, 0) is 106 Å². The Bertz CT molecular complexity index is 2720. The van der Waals surface area contributed by atoms with E-state index in [4.69, 9.17) is 15.0 Å². The molecule has 0 atom stereocenters. The highest BCUT2D eigenvalue weighted by Crippen LogP contribution is 2.39. The maximum Gasteiger partial charge on any atom is 0.165 e. The van der Waals surface area contributed by atoms with Gasteiger partial charge in [-0.15, -0.1) is 0 Å². The van der Waals surface area contributed by atoms with Crippen molar-refractivity contribution in [2.24, 2.45) is 0 Å². The molecular formula is C48H34N4O. The van der Waals surface area contributed by atoms with Gasteiger partial charge in [0.1, 0.15) is 11.3 Å². The molecule has 9 aromatic rings. The molecule has 0 spiro atoms. The normalized spacial score (nSPS) is 11.2. The number of hydrogen-bond acceptors (Lipinski definition) is 4. The van der Waals surface area contributed by atoms with Crippen LogP contribution in [0.3, 0.4) is 0 Å². The zero-order valence-corrected chi connectivity index (χ0v) is 29.1. The summed E-state index contributed by atoms with van der Waals surface area (Å²) in [5, 5.41) is 11.0. The van der Waals surface area contributed by atoms with Crippen LogP contribution in [-0.4, -0.2) is 24.6 Å². The smallest absolute Gasteiger partial charge is 0.165 e. The van der Waals surface area contributed by atoms with E-state index in [1.165, 1.54) is 11.1 Å². The SMILES string of the molecule is Cc1cnc(-c2cc(-c3ccccc3)cc(-c3ccnc4c3nc(-c3ccccc3O)n4-c3ccccc3)c2)cc1-c1ccc(-c2ccccc2)cc1. The van der Waals surface area contributed by atoms with Gasteiger partial charge in [-0.25, -0.2) is 9.97 Å². The molecule has 0 fully saturated rings. The molecule has 0 bridgehead atoms. The Morgan fingerprint density at radius 2 is 1.06 bits per heavy atom. The second-order valence-corrected chi connectivity index (χ2v) is 13.1. The Kier molecular flexibility index (Phi) is 8.14. The lowest BCUT2D eigenvalue weighted by Crippen LogP contribution is -1.98. The lowest BCUT2D eigenvalue weighted by Gasteiger charge is -2.13. The molecule has 0 unspecified atom stereocenters. The third-order valence-electron chi connectivity index (χ3n) is 9.76. The number of imidazole rings is 1. The van der Waals surface area contributed by atoms with Crippen molar-refractivity contribution in [3.8, 4) is 78.6 Å². The molecule has 0 saturated heterocycles. The van der Waals surface area contributed by atoms with Gasteiger partial charge < -0.3 is 5.11 Å². The van der Waals surface area contributed by atoms with Gasteiger partial charge in [0.2, 0.25) is 0 Å². The van der Waals surface area contributed by atoms with Crippen LogP contribution in [0.15, 0.2) is 182 Å². The van der Waals surface area contributed by atoms with Crippen LogP contribution in [0.1, 0.15) is 5.56 Å². The topological polar surface area (TPSA) is 63.8 Å². The molecule has 5 heteroatoms. The molecule has 0 radical (unpaired) electrons. The number of rotatable bonds is 7. The number of benzene rings is 6. The van der Waals surface area contributed by atoms with E-state index in [9.17, 15) is 5.11 Å². The lowest BCUT2D eigenvalue weighted by molar-refractivity contribution is 0.477. The number of aryl methyl sites for hydroxylation is 1. The van der Waals surface area contributed by atoms with Gasteiger partial charge >= 0.3 is 0 Å². The molecule has 252 valence electrons. The van der Waals surface area contributed by atoms with E-state index in [1.807, 2.05) is 83.7 Å². The molecule has 1 N–H and O–H groups in total. The van der Waals surface area contributed by atoms with Crippen molar-refractivity contribution in [3.05, 3.63) is 188 Å². The summed E-state index contributed by atoms with van der Waals surface area (Å²) in [6, 6.07) is 57.8. The second-order valence-electron chi connectivity index (χ2n) is 13.1. The Labute approximate surface area is 308 Å². The first-order valence-electron chi connectivity index (χ1n) is 17.7. The Morgan fingerprint density at radius 3 is 1.77 bits per heavy atom. The quantitative estimate of drug-likeness (QED) is 0.182. The van der Waals surface area contributed by atoms with Crippen molar-refractivity contribution in [2.75, 3.05) is 0 Å². The largest absolute Gasteiger partial charge is 0.507 e. The number of hydrogen-bond donors (Lipinski definition) is 1. The molecule has 3 heterocycles. The van der Waals surface area contributed by atoms with E-state index in [0.29, 0.717) is 17.0 Å². The number of pyridine rings is 2. The first-order chi connectivity index (χ1) is 26.1. The van der Waals surface area contributed by atoms with Gasteiger partial charge in [0.05, 0.1) is 11.3 Å². The molecule has 0 aliphatic heterocycles. The summed E-state index contributed by atoms with van der Waals surface area (Å²) < 4.78 is 2.02. The first kappa shape index (κ1) is 31.8. The average molecular weight is 683 g/mol. The minimum absolute atomic E-state index is 0.158. The van der Waals surface area contributed by atoms with Crippen molar-refractivity contribution in [1.82, 2.24) is 19.5 Å². The van der Waals surface area contributed by atoms with Gasteiger partial charge in [0.15, 0.2) is 11.5 Å². The Balaban J connectivity index is 1.22. The van der Waals surface area contributed by atoms with Crippen molar-refractivity contribution in [1.29, 1.82) is 0 Å². The van der Waals surface area contributed by atoms with E-state index in [1.54, 1.807) is 6.07 Å². The first-order valence-corrected chi connectivity index (χ1v) is 17.7. The number of fused-ring (bicyclic) bond motifs is 1. The number of nitrogens with zero attached hydrogens (tertiary/aromatic N) is 4. The summed E-state index contributed by atoms with van der Waals surface area (Å²) in [6.07, 6.45) is 3.80. The molecule has 0 saturated carbocycles. The van der Waals surface area contributed by atoms with Crippen LogP contribution in [0.2, 0.25) is 0 Å². The van der Waals surface area contributed by atoms with E-state index in [2.05, 4.69) is 104 Å². The summed E-state index contributed by atoms with van der Waals surface area (Å²) in [5.74, 6) is 0.776. The summed E-state index contributed by atoms with van der Waals surface area (Å²) in [4.78, 5) is 15.1. The van der Waals surface area contributed by atoms with Gasteiger partial charge in [-0.1, -0.05) is 115 Å². The molecule has 53 heavy (non-hydrogen) atoms. The summed E-state index contributed by atoms with van der Waals surface area (Å²) in [7, 11) is 0. The van der Waals surface area contributed by atoms with Crippen molar-refractivity contribution in [2.45, 2.75) is 6.92 Å². The van der Waals surface area contributed by atoms with Crippen LogP contribution in [0.4, 0.5) is 0 Å². The molecule has 0 amide bonds. The maximum absolute atomic E-state index is 11.0. The van der Waals surface area contributed by atoms with Crippen LogP contribution >= 0.6 is 0 Å². The minimum Gasteiger partial charge on any atom is -0.507 e. The Morgan fingerprint density at radius 1 is 0.472 bits per heavy atom. The van der Waals surface area contributed by atoms with Crippen LogP contribution < -0.4 is 0 Å². The monoisotopic (exact) mass is 682 g/mol. The number of aromatic hydroxyl groups is 1. The van der Waals surface area contributed by atoms with Crippen LogP contribution in [0, 0.1) is 6.92 Å². The molecule has 5 nitrogen and oxygen atoms in total. The summed E-state index contributed by atoms with van der Waals surface area (Å²) in [6.45, 7) is 2.11. The van der Waals surface area contributed by atoms with E-state index >= 15 is 0 Å². The van der Waals surface area contributed by atoms with Gasteiger partial charge in [0.25, 0.3) is 0 Å². The summed E-state index contributed by atoms with van der Waals surface area (Å²) >= 11 is 0. The number of para-hydroxylation sites is 2. The standard InChI is InChI=1S/C48H34N4O/c1-32-31-50-44(30-43(32)36-23-21-35(22-24-36)33-13-5-2-6-14-33)39-28-37(34-15-7-3-8-16-34)27-38(29-39)41-25-26-49-48-46(41)51-47(42-19-11-12-20-45(42)53)52(48)40-17-9-4-10-18-40/h2-31,53H,1H3. The third-order valence-corrected chi connectivity index (χ3v) is 9.76. The highest BCUT2D eigenvalue weighted by Gasteiger charge is 2.21. The molecule has 0 aliphatic rings. The van der Waals surface area contributed by atoms with Gasteiger partial charge in [-0.2, -0.15) is 0 Å².